The minimum absolute atomic E-state index is 0.0955. The van der Waals surface area contributed by atoms with Crippen LogP contribution in [0.4, 0.5) is 5.82 Å². The van der Waals surface area contributed by atoms with Crippen molar-refractivity contribution >= 4 is 17.6 Å². The van der Waals surface area contributed by atoms with E-state index in [-0.39, 0.29) is 12.4 Å². The number of aliphatic hydroxyl groups is 3. The first-order chi connectivity index (χ1) is 8.37. The summed E-state index contributed by atoms with van der Waals surface area (Å²) < 4.78 is 1.21. The summed E-state index contributed by atoms with van der Waals surface area (Å²) in [6.45, 7) is 1.14. The fourth-order valence-electron chi connectivity index (χ4n) is 1.99. The van der Waals surface area contributed by atoms with Crippen molar-refractivity contribution in [1.29, 1.82) is 0 Å². The predicted octanol–water partition coefficient (Wildman–Crippen LogP) is -1.46. The third kappa shape index (κ3) is 2.01. The van der Waals surface area contributed by atoms with E-state index in [9.17, 15) is 15.0 Å². The summed E-state index contributed by atoms with van der Waals surface area (Å²) in [5.41, 5.74) is 3.26. The largest absolute Gasteiger partial charge is 0.395 e. The van der Waals surface area contributed by atoms with Gasteiger partial charge in [-0.25, -0.2) is 4.79 Å². The number of nitrogens with zero attached hydrogens (tertiary/aromatic N) is 2. The molecule has 0 saturated carbocycles. The first-order valence-electron chi connectivity index (χ1n) is 5.39. The Morgan fingerprint density at radius 1 is 1.67 bits per heavy atom. The molecule has 0 spiro atoms. The van der Waals surface area contributed by atoms with Crippen LogP contribution in [0.5, 0.6) is 0 Å². The maximum atomic E-state index is 11.7. The molecular weight excluding hydrogens is 258 g/mol. The molecule has 1 aliphatic rings. The van der Waals surface area contributed by atoms with E-state index in [2.05, 4.69) is 4.98 Å². The van der Waals surface area contributed by atoms with Gasteiger partial charge in [-0.05, 0) is 13.0 Å². The van der Waals surface area contributed by atoms with Crippen molar-refractivity contribution in [3.63, 3.8) is 0 Å². The van der Waals surface area contributed by atoms with Gasteiger partial charge in [-0.3, -0.25) is 4.57 Å². The van der Waals surface area contributed by atoms with Crippen LogP contribution in [0.1, 0.15) is 12.3 Å². The third-order valence-electron chi connectivity index (χ3n) is 3.04. The first-order valence-corrected chi connectivity index (χ1v) is 6.33. The van der Waals surface area contributed by atoms with Crippen LogP contribution in [0.2, 0.25) is 0 Å². The van der Waals surface area contributed by atoms with Crippen LogP contribution in [-0.4, -0.2) is 48.4 Å². The zero-order chi connectivity index (χ0) is 13.5. The monoisotopic (exact) mass is 273 g/mol. The Bertz CT molecular complexity index is 504. The first kappa shape index (κ1) is 13.3. The summed E-state index contributed by atoms with van der Waals surface area (Å²) in [6, 6.07) is 1.44. The zero-order valence-electron chi connectivity index (χ0n) is 9.72. The van der Waals surface area contributed by atoms with E-state index in [0.717, 1.165) is 11.8 Å². The molecule has 1 aromatic rings. The van der Waals surface area contributed by atoms with Crippen molar-refractivity contribution in [2.45, 2.75) is 29.3 Å². The van der Waals surface area contributed by atoms with E-state index in [1.807, 2.05) is 0 Å². The smallest absolute Gasteiger partial charge is 0.350 e. The summed E-state index contributed by atoms with van der Waals surface area (Å²) in [7, 11) is 0. The predicted molar refractivity (Wildman–Crippen MR) is 67.0 cm³/mol. The van der Waals surface area contributed by atoms with Gasteiger partial charge in [-0.1, -0.05) is 0 Å². The number of aromatic nitrogens is 2. The van der Waals surface area contributed by atoms with E-state index < -0.39 is 28.0 Å². The Morgan fingerprint density at radius 3 is 2.83 bits per heavy atom. The van der Waals surface area contributed by atoms with E-state index in [0.29, 0.717) is 0 Å². The summed E-state index contributed by atoms with van der Waals surface area (Å²) >= 11 is 1.13. The number of anilines is 1. The SMILES string of the molecule is C[C@@]1(O)C(n2ccc(N)nc2=O)S[C@H](CO)[C@H]1O. The van der Waals surface area contributed by atoms with Gasteiger partial charge >= 0.3 is 5.69 Å². The van der Waals surface area contributed by atoms with Crippen molar-refractivity contribution in [1.82, 2.24) is 9.55 Å². The van der Waals surface area contributed by atoms with E-state index in [1.165, 1.54) is 23.8 Å². The second-order valence-electron chi connectivity index (χ2n) is 4.42. The number of aliphatic hydroxyl groups excluding tert-OH is 2. The zero-order valence-corrected chi connectivity index (χ0v) is 10.5. The quantitative estimate of drug-likeness (QED) is 0.519. The second kappa shape index (κ2) is 4.54. The topological polar surface area (TPSA) is 122 Å². The van der Waals surface area contributed by atoms with Crippen molar-refractivity contribution < 1.29 is 15.3 Å². The molecule has 7 nitrogen and oxygen atoms in total. The van der Waals surface area contributed by atoms with Crippen LogP contribution in [-0.2, 0) is 0 Å². The Morgan fingerprint density at radius 2 is 2.33 bits per heavy atom. The van der Waals surface area contributed by atoms with Crippen LogP contribution >= 0.6 is 11.8 Å². The molecule has 100 valence electrons. The molecule has 18 heavy (non-hydrogen) atoms. The lowest BCUT2D eigenvalue weighted by Crippen LogP contribution is -2.46. The van der Waals surface area contributed by atoms with Gasteiger partial charge in [-0.15, -0.1) is 11.8 Å². The van der Waals surface area contributed by atoms with Crippen molar-refractivity contribution in [2.75, 3.05) is 12.3 Å². The number of hydrogen-bond donors (Lipinski definition) is 4. The average Bonchev–Trinajstić information content (AvgIpc) is 2.52. The van der Waals surface area contributed by atoms with Gasteiger partial charge in [-0.2, -0.15) is 4.98 Å². The highest BCUT2D eigenvalue weighted by molar-refractivity contribution is 8.00. The van der Waals surface area contributed by atoms with Gasteiger partial charge < -0.3 is 21.1 Å². The van der Waals surface area contributed by atoms with Crippen molar-refractivity contribution in [3.8, 4) is 0 Å². The molecule has 8 heteroatoms. The lowest BCUT2D eigenvalue weighted by atomic mass is 9.96. The Hall–Kier alpha value is -1.09. The minimum Gasteiger partial charge on any atom is -0.395 e. The van der Waals surface area contributed by atoms with Crippen LogP contribution in [0.25, 0.3) is 0 Å². The summed E-state index contributed by atoms with van der Waals surface area (Å²) in [4.78, 5) is 15.3. The van der Waals surface area contributed by atoms with Gasteiger partial charge in [0, 0.05) is 6.20 Å². The third-order valence-corrected chi connectivity index (χ3v) is 4.76. The Balaban J connectivity index is 2.42. The standard InChI is InChI=1S/C10H15N3O4S/c1-10(17)7(15)5(4-14)18-8(10)13-3-2-6(11)12-9(13)16/h2-3,5,7-8,14-15,17H,4H2,1H3,(H2,11,12,16)/t5-,7-,8?,10+/m1/s1. The molecule has 2 rings (SSSR count). The maximum Gasteiger partial charge on any atom is 0.350 e. The molecule has 1 aliphatic heterocycles. The lowest BCUT2D eigenvalue weighted by molar-refractivity contribution is -0.0684. The molecule has 4 atom stereocenters. The van der Waals surface area contributed by atoms with Crippen molar-refractivity contribution in [2.24, 2.45) is 0 Å². The van der Waals surface area contributed by atoms with E-state index in [1.54, 1.807) is 0 Å². The molecule has 1 aromatic heterocycles. The van der Waals surface area contributed by atoms with E-state index in [4.69, 9.17) is 10.8 Å². The summed E-state index contributed by atoms with van der Waals surface area (Å²) in [5, 5.41) is 28.0. The number of thioether (sulfide) groups is 1. The average molecular weight is 273 g/mol. The van der Waals surface area contributed by atoms with E-state index >= 15 is 0 Å². The van der Waals surface area contributed by atoms with Gasteiger partial charge in [0.2, 0.25) is 0 Å². The molecule has 1 unspecified atom stereocenters. The number of hydrogen-bond acceptors (Lipinski definition) is 7. The summed E-state index contributed by atoms with van der Waals surface area (Å²) in [5.74, 6) is 0.0955. The van der Waals surface area contributed by atoms with Gasteiger partial charge in [0.25, 0.3) is 0 Å². The molecular formula is C10H15N3O4S. The highest BCUT2D eigenvalue weighted by Crippen LogP contribution is 2.47. The fraction of sp³-hybridized carbons (Fsp3) is 0.600. The van der Waals surface area contributed by atoms with Gasteiger partial charge in [0.05, 0.1) is 18.0 Å². The highest BCUT2D eigenvalue weighted by atomic mass is 32.2. The Kier molecular flexibility index (Phi) is 3.37. The molecule has 2 heterocycles. The van der Waals surface area contributed by atoms with Crippen molar-refractivity contribution in [3.05, 3.63) is 22.7 Å². The highest BCUT2D eigenvalue weighted by Gasteiger charge is 2.52. The molecule has 5 N–H and O–H groups in total. The number of rotatable bonds is 2. The molecule has 0 amide bonds. The van der Waals surface area contributed by atoms with Crippen LogP contribution in [0.3, 0.4) is 0 Å². The molecule has 0 radical (unpaired) electrons. The van der Waals surface area contributed by atoms with Crippen LogP contribution in [0, 0.1) is 0 Å². The fourth-order valence-corrected chi connectivity index (χ4v) is 3.54. The molecule has 0 aliphatic carbocycles. The molecule has 1 fully saturated rings. The molecule has 0 bridgehead atoms. The summed E-state index contributed by atoms with van der Waals surface area (Å²) in [6.07, 6.45) is 0.297. The normalized spacial score (nSPS) is 35.9. The lowest BCUT2D eigenvalue weighted by Gasteiger charge is -2.28. The minimum atomic E-state index is -1.53. The van der Waals surface area contributed by atoms with Crippen LogP contribution in [0.15, 0.2) is 17.1 Å². The number of nitrogen functional groups attached to an aromatic ring is 1. The maximum absolute atomic E-state index is 11.7. The van der Waals surface area contributed by atoms with Crippen LogP contribution < -0.4 is 11.4 Å². The Labute approximate surface area is 107 Å². The molecule has 0 aromatic carbocycles. The van der Waals surface area contributed by atoms with Gasteiger partial charge in [0.1, 0.15) is 16.8 Å². The number of nitrogens with two attached hydrogens (primary N) is 1. The van der Waals surface area contributed by atoms with Gasteiger partial charge in [0.15, 0.2) is 0 Å². The molecule has 1 saturated heterocycles. The second-order valence-corrected chi connectivity index (χ2v) is 5.75.